The normalized spacial score (nSPS) is 11.3. The van der Waals surface area contributed by atoms with E-state index in [0.29, 0.717) is 6.04 Å². The van der Waals surface area contributed by atoms with E-state index in [1.54, 1.807) is 0 Å². The SMILES string of the molecule is Cc1ccc(Cn2c(CNC(C)C)cnc2C)cc1C. The maximum Gasteiger partial charge on any atom is 0.106 e. The Hall–Kier alpha value is -1.61. The number of hydrogen-bond donors (Lipinski definition) is 1. The zero-order chi connectivity index (χ0) is 14.7. The average Bonchev–Trinajstić information content (AvgIpc) is 2.73. The summed E-state index contributed by atoms with van der Waals surface area (Å²) in [6.07, 6.45) is 1.98. The maximum atomic E-state index is 4.45. The van der Waals surface area contributed by atoms with Crippen LogP contribution in [0.2, 0.25) is 0 Å². The van der Waals surface area contributed by atoms with Crippen LogP contribution in [0.15, 0.2) is 24.4 Å². The second-order valence-corrected chi connectivity index (χ2v) is 5.84. The van der Waals surface area contributed by atoms with E-state index >= 15 is 0 Å². The van der Waals surface area contributed by atoms with E-state index in [-0.39, 0.29) is 0 Å². The number of aryl methyl sites for hydroxylation is 3. The van der Waals surface area contributed by atoms with Gasteiger partial charge in [-0.15, -0.1) is 0 Å². The first-order chi connectivity index (χ1) is 9.47. The number of nitrogens with one attached hydrogen (secondary N) is 1. The lowest BCUT2D eigenvalue weighted by molar-refractivity contribution is 0.562. The molecule has 3 nitrogen and oxygen atoms in total. The van der Waals surface area contributed by atoms with Crippen LogP contribution in [0.5, 0.6) is 0 Å². The third kappa shape index (κ3) is 3.48. The molecule has 0 aliphatic carbocycles. The van der Waals surface area contributed by atoms with Gasteiger partial charge in [-0.25, -0.2) is 4.98 Å². The third-order valence-corrected chi connectivity index (χ3v) is 3.74. The van der Waals surface area contributed by atoms with Crippen molar-refractivity contribution in [3.63, 3.8) is 0 Å². The van der Waals surface area contributed by atoms with E-state index in [1.807, 2.05) is 6.20 Å². The van der Waals surface area contributed by atoms with Crippen LogP contribution in [-0.4, -0.2) is 15.6 Å². The van der Waals surface area contributed by atoms with Gasteiger partial charge >= 0.3 is 0 Å². The molecule has 1 aromatic heterocycles. The van der Waals surface area contributed by atoms with Gasteiger partial charge < -0.3 is 9.88 Å². The van der Waals surface area contributed by atoms with Crippen molar-refractivity contribution in [2.45, 2.75) is 53.8 Å². The average molecular weight is 271 g/mol. The number of nitrogens with zero attached hydrogens (tertiary/aromatic N) is 2. The van der Waals surface area contributed by atoms with Gasteiger partial charge in [-0.2, -0.15) is 0 Å². The Bertz CT molecular complexity index is 582. The third-order valence-electron chi connectivity index (χ3n) is 3.74. The summed E-state index contributed by atoms with van der Waals surface area (Å²) in [4.78, 5) is 4.45. The summed E-state index contributed by atoms with van der Waals surface area (Å²) in [5, 5.41) is 3.46. The Kier molecular flexibility index (Phi) is 4.61. The summed E-state index contributed by atoms with van der Waals surface area (Å²) in [7, 11) is 0. The van der Waals surface area contributed by atoms with Crippen molar-refractivity contribution in [2.75, 3.05) is 0 Å². The molecule has 1 N–H and O–H groups in total. The summed E-state index contributed by atoms with van der Waals surface area (Å²) < 4.78 is 2.29. The van der Waals surface area contributed by atoms with Gasteiger partial charge in [-0.3, -0.25) is 0 Å². The first kappa shape index (κ1) is 14.8. The predicted octanol–water partition coefficient (Wildman–Crippen LogP) is 3.35. The Morgan fingerprint density at radius 3 is 2.55 bits per heavy atom. The molecule has 0 atom stereocenters. The molecule has 3 heteroatoms. The van der Waals surface area contributed by atoms with Crippen molar-refractivity contribution in [3.8, 4) is 0 Å². The van der Waals surface area contributed by atoms with Crippen LogP contribution in [0, 0.1) is 20.8 Å². The molecule has 0 amide bonds. The molecule has 0 bridgehead atoms. The fraction of sp³-hybridized carbons (Fsp3) is 0.471. The minimum atomic E-state index is 0.486. The van der Waals surface area contributed by atoms with E-state index in [1.165, 1.54) is 22.4 Å². The molecule has 1 heterocycles. The molecule has 0 fully saturated rings. The Morgan fingerprint density at radius 1 is 1.15 bits per heavy atom. The highest BCUT2D eigenvalue weighted by Crippen LogP contribution is 2.14. The minimum Gasteiger partial charge on any atom is -0.327 e. The number of rotatable bonds is 5. The van der Waals surface area contributed by atoms with Gasteiger partial charge in [0.2, 0.25) is 0 Å². The lowest BCUT2D eigenvalue weighted by atomic mass is 10.1. The van der Waals surface area contributed by atoms with Gasteiger partial charge in [0, 0.05) is 25.3 Å². The molecule has 0 unspecified atom stereocenters. The van der Waals surface area contributed by atoms with Gasteiger partial charge in [0.1, 0.15) is 5.82 Å². The zero-order valence-corrected chi connectivity index (χ0v) is 13.2. The van der Waals surface area contributed by atoms with Crippen LogP contribution >= 0.6 is 0 Å². The summed E-state index contributed by atoms with van der Waals surface area (Å²) in [6.45, 7) is 12.5. The van der Waals surface area contributed by atoms with E-state index in [2.05, 4.69) is 67.7 Å². The van der Waals surface area contributed by atoms with E-state index in [4.69, 9.17) is 0 Å². The lowest BCUT2D eigenvalue weighted by Crippen LogP contribution is -2.23. The van der Waals surface area contributed by atoms with Gasteiger partial charge in [0.25, 0.3) is 0 Å². The summed E-state index contributed by atoms with van der Waals surface area (Å²) in [5.41, 5.74) is 5.27. The zero-order valence-electron chi connectivity index (χ0n) is 13.2. The van der Waals surface area contributed by atoms with Crippen molar-refractivity contribution in [2.24, 2.45) is 0 Å². The molecule has 20 heavy (non-hydrogen) atoms. The van der Waals surface area contributed by atoms with Crippen molar-refractivity contribution in [1.29, 1.82) is 0 Å². The number of imidazole rings is 1. The van der Waals surface area contributed by atoms with Gasteiger partial charge in [-0.05, 0) is 37.5 Å². The van der Waals surface area contributed by atoms with Crippen molar-refractivity contribution < 1.29 is 0 Å². The number of aromatic nitrogens is 2. The van der Waals surface area contributed by atoms with E-state index in [0.717, 1.165) is 18.9 Å². The van der Waals surface area contributed by atoms with Crippen LogP contribution in [0.25, 0.3) is 0 Å². The predicted molar refractivity (Wildman–Crippen MR) is 84.0 cm³/mol. The minimum absolute atomic E-state index is 0.486. The standard InChI is InChI=1S/C17H25N3/c1-12(2)18-9-17-10-19-15(5)20(17)11-16-7-6-13(3)14(4)8-16/h6-8,10,12,18H,9,11H2,1-5H3. The molecule has 2 aromatic rings. The van der Waals surface area contributed by atoms with Crippen LogP contribution in [-0.2, 0) is 13.1 Å². The molecular formula is C17H25N3. The van der Waals surface area contributed by atoms with Gasteiger partial charge in [-0.1, -0.05) is 32.0 Å². The maximum absolute atomic E-state index is 4.45. The fourth-order valence-electron chi connectivity index (χ4n) is 2.27. The van der Waals surface area contributed by atoms with Crippen LogP contribution < -0.4 is 5.32 Å². The molecule has 1 aromatic carbocycles. The highest BCUT2D eigenvalue weighted by Gasteiger charge is 2.08. The smallest absolute Gasteiger partial charge is 0.106 e. The molecular weight excluding hydrogens is 246 g/mol. The summed E-state index contributed by atoms with van der Waals surface area (Å²) in [5.74, 6) is 1.07. The highest BCUT2D eigenvalue weighted by molar-refractivity contribution is 5.30. The van der Waals surface area contributed by atoms with Crippen molar-refractivity contribution in [3.05, 3.63) is 52.6 Å². The van der Waals surface area contributed by atoms with E-state index < -0.39 is 0 Å². The first-order valence-corrected chi connectivity index (χ1v) is 7.28. The molecule has 0 saturated heterocycles. The summed E-state index contributed by atoms with van der Waals surface area (Å²) >= 11 is 0. The topological polar surface area (TPSA) is 29.9 Å². The van der Waals surface area contributed by atoms with Crippen LogP contribution in [0.4, 0.5) is 0 Å². The quantitative estimate of drug-likeness (QED) is 0.903. The molecule has 0 aliphatic rings. The van der Waals surface area contributed by atoms with Crippen molar-refractivity contribution >= 4 is 0 Å². The second-order valence-electron chi connectivity index (χ2n) is 5.84. The molecule has 108 valence electrons. The van der Waals surface area contributed by atoms with Gasteiger partial charge in [0.05, 0.1) is 5.69 Å². The Balaban J connectivity index is 2.19. The molecule has 0 spiro atoms. The fourth-order valence-corrected chi connectivity index (χ4v) is 2.27. The van der Waals surface area contributed by atoms with Crippen molar-refractivity contribution in [1.82, 2.24) is 14.9 Å². The monoisotopic (exact) mass is 271 g/mol. The number of hydrogen-bond acceptors (Lipinski definition) is 2. The largest absolute Gasteiger partial charge is 0.327 e. The molecule has 2 rings (SSSR count). The van der Waals surface area contributed by atoms with Gasteiger partial charge in [0.15, 0.2) is 0 Å². The molecule has 0 radical (unpaired) electrons. The second kappa shape index (κ2) is 6.23. The summed E-state index contributed by atoms with van der Waals surface area (Å²) in [6, 6.07) is 7.17. The van der Waals surface area contributed by atoms with Crippen LogP contribution in [0.3, 0.4) is 0 Å². The molecule has 0 saturated carbocycles. The highest BCUT2D eigenvalue weighted by atomic mass is 15.1. The Morgan fingerprint density at radius 2 is 1.90 bits per heavy atom. The molecule has 0 aliphatic heterocycles. The van der Waals surface area contributed by atoms with E-state index in [9.17, 15) is 0 Å². The first-order valence-electron chi connectivity index (χ1n) is 7.28. The van der Waals surface area contributed by atoms with Crippen LogP contribution in [0.1, 0.15) is 42.1 Å². The Labute approximate surface area is 122 Å². The number of benzene rings is 1. The lowest BCUT2D eigenvalue weighted by Gasteiger charge is -2.13.